The molecule has 1 aromatic carbocycles. The molecule has 0 radical (unpaired) electrons. The Morgan fingerprint density at radius 2 is 1.93 bits per heavy atom. The van der Waals surface area contributed by atoms with E-state index in [-0.39, 0.29) is 18.9 Å². The van der Waals surface area contributed by atoms with Crippen molar-refractivity contribution in [2.45, 2.75) is 57.8 Å². The van der Waals surface area contributed by atoms with Gasteiger partial charge in [-0.15, -0.1) is 0 Å². The van der Waals surface area contributed by atoms with E-state index in [0.717, 1.165) is 31.5 Å². The molecule has 2 aliphatic heterocycles. The first-order valence-corrected chi connectivity index (χ1v) is 10.4. The lowest BCUT2D eigenvalue weighted by Crippen LogP contribution is -2.55. The number of morpholine rings is 1. The Bertz CT molecular complexity index is 797. The fraction of sp³-hybridized carbons (Fsp3) is 0.591. The summed E-state index contributed by atoms with van der Waals surface area (Å²) < 4.78 is 10.6. The summed E-state index contributed by atoms with van der Waals surface area (Å²) in [6, 6.07) is 7.22. The van der Waals surface area contributed by atoms with Crippen LogP contribution in [0.5, 0.6) is 0 Å². The number of nitrogens with zero attached hydrogens (tertiary/aromatic N) is 2. The van der Waals surface area contributed by atoms with Gasteiger partial charge in [0.05, 0.1) is 13.0 Å². The lowest BCUT2D eigenvalue weighted by atomic mass is 10.1. The van der Waals surface area contributed by atoms with E-state index in [1.807, 2.05) is 11.0 Å². The summed E-state index contributed by atoms with van der Waals surface area (Å²) in [6.45, 7) is 7.11. The van der Waals surface area contributed by atoms with Gasteiger partial charge in [0.2, 0.25) is 5.91 Å². The summed E-state index contributed by atoms with van der Waals surface area (Å²) in [4.78, 5) is 40.9. The van der Waals surface area contributed by atoms with Gasteiger partial charge in [0, 0.05) is 25.3 Å². The molecule has 0 aromatic heterocycles. The highest BCUT2D eigenvalue weighted by Crippen LogP contribution is 2.23. The van der Waals surface area contributed by atoms with Gasteiger partial charge in [-0.3, -0.25) is 9.59 Å². The maximum atomic E-state index is 12.9. The molecule has 0 saturated carbocycles. The molecular formula is C22H30N2O6. The fourth-order valence-corrected chi connectivity index (χ4v) is 3.66. The molecule has 30 heavy (non-hydrogen) atoms. The van der Waals surface area contributed by atoms with Crippen LogP contribution in [0.4, 0.5) is 5.69 Å². The largest absolute Gasteiger partial charge is 0.458 e. The van der Waals surface area contributed by atoms with Crippen LogP contribution >= 0.6 is 0 Å². The number of aliphatic hydroxyl groups is 1. The number of hydrogen-bond donors (Lipinski definition) is 1. The number of ether oxygens (including phenoxy) is 2. The van der Waals surface area contributed by atoms with Crippen molar-refractivity contribution in [3.63, 3.8) is 0 Å². The summed E-state index contributed by atoms with van der Waals surface area (Å²) in [6.07, 6.45) is -0.691. The Morgan fingerprint density at radius 3 is 2.60 bits per heavy atom. The van der Waals surface area contributed by atoms with Crippen LogP contribution in [0.2, 0.25) is 0 Å². The first-order valence-electron chi connectivity index (χ1n) is 10.4. The number of likely N-dealkylation sites (tertiary alicyclic amines) is 1. The zero-order valence-corrected chi connectivity index (χ0v) is 17.8. The van der Waals surface area contributed by atoms with Crippen molar-refractivity contribution in [1.29, 1.82) is 0 Å². The maximum Gasteiger partial charge on any atom is 0.338 e. The topological polar surface area (TPSA) is 96.4 Å². The van der Waals surface area contributed by atoms with Crippen LogP contribution < -0.4 is 4.90 Å². The fourth-order valence-electron chi connectivity index (χ4n) is 3.66. The number of carbonyl (C=O) groups is 3. The highest BCUT2D eigenvalue weighted by molar-refractivity contribution is 6.00. The summed E-state index contributed by atoms with van der Waals surface area (Å²) in [5.41, 5.74) is 0.635. The van der Waals surface area contributed by atoms with Gasteiger partial charge >= 0.3 is 5.97 Å². The molecular weight excluding hydrogens is 388 g/mol. The second-order valence-corrected chi connectivity index (χ2v) is 8.69. The van der Waals surface area contributed by atoms with E-state index in [1.54, 1.807) is 39.0 Å². The lowest BCUT2D eigenvalue weighted by Gasteiger charge is -2.34. The van der Waals surface area contributed by atoms with E-state index in [0.29, 0.717) is 12.2 Å². The van der Waals surface area contributed by atoms with Crippen molar-refractivity contribution in [2.24, 2.45) is 0 Å². The molecule has 2 heterocycles. The predicted molar refractivity (Wildman–Crippen MR) is 110 cm³/mol. The van der Waals surface area contributed by atoms with E-state index >= 15 is 0 Å². The Kier molecular flexibility index (Phi) is 6.77. The molecule has 0 bridgehead atoms. The molecule has 2 amide bonds. The maximum absolute atomic E-state index is 12.9. The number of amides is 2. The minimum Gasteiger partial charge on any atom is -0.458 e. The lowest BCUT2D eigenvalue weighted by molar-refractivity contribution is -0.177. The van der Waals surface area contributed by atoms with Crippen LogP contribution in [0.25, 0.3) is 0 Å². The molecule has 1 aromatic rings. The molecule has 8 heteroatoms. The van der Waals surface area contributed by atoms with Crippen LogP contribution in [0.3, 0.4) is 0 Å². The summed E-state index contributed by atoms with van der Waals surface area (Å²) in [7, 11) is 0. The van der Waals surface area contributed by atoms with Gasteiger partial charge in [-0.1, -0.05) is 12.1 Å². The number of anilines is 1. The van der Waals surface area contributed by atoms with Gasteiger partial charge in [-0.25, -0.2) is 4.79 Å². The van der Waals surface area contributed by atoms with Crippen molar-refractivity contribution < 1.29 is 29.0 Å². The van der Waals surface area contributed by atoms with E-state index in [4.69, 9.17) is 9.47 Å². The zero-order chi connectivity index (χ0) is 21.9. The third-order valence-corrected chi connectivity index (χ3v) is 5.09. The van der Waals surface area contributed by atoms with Crippen molar-refractivity contribution in [2.75, 3.05) is 31.1 Å². The minimum atomic E-state index is -1.71. The molecule has 1 N–H and O–H groups in total. The number of esters is 1. The van der Waals surface area contributed by atoms with E-state index in [9.17, 15) is 19.5 Å². The second kappa shape index (κ2) is 9.14. The average molecular weight is 418 g/mol. The zero-order valence-electron chi connectivity index (χ0n) is 17.8. The first kappa shape index (κ1) is 22.2. The Hall–Kier alpha value is -2.45. The highest BCUT2D eigenvalue weighted by Gasteiger charge is 2.41. The predicted octanol–water partition coefficient (Wildman–Crippen LogP) is 1.29. The molecule has 2 saturated heterocycles. The van der Waals surface area contributed by atoms with Gasteiger partial charge in [0.25, 0.3) is 5.91 Å². The molecule has 2 aliphatic rings. The van der Waals surface area contributed by atoms with Crippen LogP contribution in [0.15, 0.2) is 24.3 Å². The Labute approximate surface area is 176 Å². The third-order valence-electron chi connectivity index (χ3n) is 5.09. The minimum absolute atomic E-state index is 0.0798. The van der Waals surface area contributed by atoms with E-state index in [2.05, 4.69) is 0 Å². The standard InChI is InChI=1S/C22H30N2O6/c1-22(2,3)30-21(28)18(26)19-20(27)24(11-12-29-19)16-8-6-7-15(13-16)14-17(25)23-9-4-5-10-23/h6-8,13,18-19,26H,4-5,9-12,14H2,1-3H3/t18-,19-/m1/s1. The normalized spacial score (nSPS) is 20.9. The van der Waals surface area contributed by atoms with Crippen molar-refractivity contribution in [3.8, 4) is 0 Å². The number of carbonyl (C=O) groups excluding carboxylic acids is 3. The van der Waals surface area contributed by atoms with Gasteiger partial charge in [-0.2, -0.15) is 0 Å². The van der Waals surface area contributed by atoms with Crippen molar-refractivity contribution in [3.05, 3.63) is 29.8 Å². The summed E-state index contributed by atoms with van der Waals surface area (Å²) >= 11 is 0. The van der Waals surface area contributed by atoms with Crippen LogP contribution in [-0.2, 0) is 30.3 Å². The van der Waals surface area contributed by atoms with Gasteiger partial charge < -0.3 is 24.4 Å². The smallest absolute Gasteiger partial charge is 0.338 e. The van der Waals surface area contributed by atoms with E-state index < -0.39 is 29.7 Å². The summed E-state index contributed by atoms with van der Waals surface area (Å²) in [5, 5.41) is 10.3. The van der Waals surface area contributed by atoms with Crippen LogP contribution in [0, 0.1) is 0 Å². The van der Waals surface area contributed by atoms with Gasteiger partial charge in [0.1, 0.15) is 5.60 Å². The number of hydrogen-bond acceptors (Lipinski definition) is 6. The molecule has 0 aliphatic carbocycles. The van der Waals surface area contributed by atoms with Crippen LogP contribution in [-0.4, -0.2) is 71.8 Å². The first-order chi connectivity index (χ1) is 14.2. The Balaban J connectivity index is 1.70. The molecule has 0 unspecified atom stereocenters. The van der Waals surface area contributed by atoms with Gasteiger partial charge in [-0.05, 0) is 51.3 Å². The van der Waals surface area contributed by atoms with Gasteiger partial charge in [0.15, 0.2) is 12.2 Å². The molecule has 2 fully saturated rings. The SMILES string of the molecule is CC(C)(C)OC(=O)[C@H](O)[C@H]1OCCN(c2cccc(CC(=O)N3CCCC3)c2)C1=O. The average Bonchev–Trinajstić information content (AvgIpc) is 3.21. The van der Waals surface area contributed by atoms with Crippen LogP contribution in [0.1, 0.15) is 39.2 Å². The molecule has 3 rings (SSSR count). The molecule has 8 nitrogen and oxygen atoms in total. The third kappa shape index (κ3) is 5.37. The monoisotopic (exact) mass is 418 g/mol. The second-order valence-electron chi connectivity index (χ2n) is 8.69. The highest BCUT2D eigenvalue weighted by atomic mass is 16.6. The molecule has 0 spiro atoms. The Morgan fingerprint density at radius 1 is 1.23 bits per heavy atom. The molecule has 2 atom stereocenters. The number of benzene rings is 1. The van der Waals surface area contributed by atoms with Crippen molar-refractivity contribution >= 4 is 23.5 Å². The number of aliphatic hydroxyl groups excluding tert-OH is 1. The summed E-state index contributed by atoms with van der Waals surface area (Å²) in [5.74, 6) is -1.33. The quantitative estimate of drug-likeness (QED) is 0.724. The van der Waals surface area contributed by atoms with E-state index in [1.165, 1.54) is 4.90 Å². The van der Waals surface area contributed by atoms with Crippen molar-refractivity contribution in [1.82, 2.24) is 4.90 Å². The molecule has 164 valence electrons. The number of rotatable bonds is 5.